The third-order valence-corrected chi connectivity index (χ3v) is 3.26. The number of rotatable bonds is 5. The molecule has 0 radical (unpaired) electrons. The molecule has 110 valence electrons. The van der Waals surface area contributed by atoms with Crippen molar-refractivity contribution in [2.24, 2.45) is 5.84 Å². The average molecular weight is 285 g/mol. The lowest BCUT2D eigenvalue weighted by Gasteiger charge is -2.21. The Hall–Kier alpha value is -2.53. The predicted molar refractivity (Wildman–Crippen MR) is 83.2 cm³/mol. The summed E-state index contributed by atoms with van der Waals surface area (Å²) in [5.41, 5.74) is 4.77. The Morgan fingerprint density at radius 2 is 1.86 bits per heavy atom. The molecule has 0 aliphatic carbocycles. The third kappa shape index (κ3) is 3.52. The molecule has 0 heterocycles. The number of ether oxygens (including phenoxy) is 1. The van der Waals surface area contributed by atoms with Crippen LogP contribution in [0.2, 0.25) is 0 Å². The molecule has 2 aromatic rings. The molecular formula is C16H19N3O2. The first-order chi connectivity index (χ1) is 10.2. The quantitative estimate of drug-likeness (QED) is 0.500. The molecule has 0 atom stereocenters. The summed E-state index contributed by atoms with van der Waals surface area (Å²) < 4.78 is 5.36. The van der Waals surface area contributed by atoms with Crippen molar-refractivity contribution in [3.63, 3.8) is 0 Å². The first-order valence-corrected chi connectivity index (χ1v) is 6.59. The van der Waals surface area contributed by atoms with E-state index in [-0.39, 0.29) is 5.91 Å². The fourth-order valence-electron chi connectivity index (χ4n) is 2.15. The molecule has 1 amide bonds. The number of benzene rings is 2. The number of hydrazine groups is 1. The average Bonchev–Trinajstić information content (AvgIpc) is 2.54. The van der Waals surface area contributed by atoms with Gasteiger partial charge in [-0.1, -0.05) is 24.3 Å². The van der Waals surface area contributed by atoms with Gasteiger partial charge in [-0.2, -0.15) is 0 Å². The van der Waals surface area contributed by atoms with E-state index in [1.54, 1.807) is 19.2 Å². The summed E-state index contributed by atoms with van der Waals surface area (Å²) in [7, 11) is 3.66. The highest BCUT2D eigenvalue weighted by atomic mass is 16.5. The van der Waals surface area contributed by atoms with Gasteiger partial charge in [0.25, 0.3) is 5.91 Å². The van der Waals surface area contributed by atoms with E-state index in [4.69, 9.17) is 10.6 Å². The third-order valence-electron chi connectivity index (χ3n) is 3.26. The Balaban J connectivity index is 2.12. The molecule has 0 saturated carbocycles. The van der Waals surface area contributed by atoms with Crippen LogP contribution in [-0.4, -0.2) is 20.1 Å². The monoisotopic (exact) mass is 285 g/mol. The molecular weight excluding hydrogens is 266 g/mol. The lowest BCUT2D eigenvalue weighted by molar-refractivity contribution is 0.0953. The number of nitrogens with one attached hydrogen (secondary N) is 1. The van der Waals surface area contributed by atoms with Gasteiger partial charge in [0.15, 0.2) is 0 Å². The number of hydrogen-bond acceptors (Lipinski definition) is 4. The molecule has 0 bridgehead atoms. The number of carbonyl (C=O) groups is 1. The Labute approximate surface area is 124 Å². The van der Waals surface area contributed by atoms with Gasteiger partial charge in [-0.05, 0) is 29.8 Å². The van der Waals surface area contributed by atoms with E-state index < -0.39 is 0 Å². The van der Waals surface area contributed by atoms with Crippen LogP contribution in [0.25, 0.3) is 0 Å². The van der Waals surface area contributed by atoms with Crippen LogP contribution in [-0.2, 0) is 6.54 Å². The number of nitrogens with zero attached hydrogens (tertiary/aromatic N) is 1. The molecule has 0 saturated heterocycles. The summed E-state index contributed by atoms with van der Waals surface area (Å²) in [6.45, 7) is 0.713. The fraction of sp³-hybridized carbons (Fsp3) is 0.188. The largest absolute Gasteiger partial charge is 0.495 e. The molecule has 0 unspecified atom stereocenters. The fourth-order valence-corrected chi connectivity index (χ4v) is 2.15. The van der Waals surface area contributed by atoms with Crippen LogP contribution in [0, 0.1) is 0 Å². The Morgan fingerprint density at radius 1 is 1.19 bits per heavy atom. The highest BCUT2D eigenvalue weighted by molar-refractivity contribution is 5.93. The second-order valence-corrected chi connectivity index (χ2v) is 4.70. The number of amides is 1. The molecule has 2 aromatic carbocycles. The number of nitrogens with two attached hydrogens (primary N) is 1. The molecule has 21 heavy (non-hydrogen) atoms. The van der Waals surface area contributed by atoms with Crippen LogP contribution in [0.3, 0.4) is 0 Å². The standard InChI is InChI=1S/C16H19N3O2/c1-19(14-5-3-4-6-15(14)21-2)11-12-7-9-13(10-8-12)16(20)18-17/h3-10H,11,17H2,1-2H3,(H,18,20). The molecule has 3 N–H and O–H groups in total. The van der Waals surface area contributed by atoms with Crippen molar-refractivity contribution in [1.29, 1.82) is 0 Å². The highest BCUT2D eigenvalue weighted by Gasteiger charge is 2.08. The molecule has 0 fully saturated rings. The van der Waals surface area contributed by atoms with Crippen molar-refractivity contribution in [2.45, 2.75) is 6.54 Å². The van der Waals surface area contributed by atoms with E-state index in [1.165, 1.54) is 0 Å². The van der Waals surface area contributed by atoms with E-state index in [0.29, 0.717) is 12.1 Å². The van der Waals surface area contributed by atoms with E-state index >= 15 is 0 Å². The van der Waals surface area contributed by atoms with E-state index in [0.717, 1.165) is 17.0 Å². The summed E-state index contributed by atoms with van der Waals surface area (Å²) in [5.74, 6) is 5.65. The smallest absolute Gasteiger partial charge is 0.265 e. The van der Waals surface area contributed by atoms with Crippen molar-refractivity contribution < 1.29 is 9.53 Å². The number of anilines is 1. The second-order valence-electron chi connectivity index (χ2n) is 4.70. The van der Waals surface area contributed by atoms with Crippen LogP contribution < -0.4 is 20.9 Å². The number of nitrogen functional groups attached to an aromatic ring is 1. The maximum Gasteiger partial charge on any atom is 0.265 e. The maximum atomic E-state index is 11.4. The van der Waals surface area contributed by atoms with Crippen LogP contribution in [0.15, 0.2) is 48.5 Å². The van der Waals surface area contributed by atoms with Gasteiger partial charge in [-0.3, -0.25) is 10.2 Å². The van der Waals surface area contributed by atoms with Crippen LogP contribution in [0.4, 0.5) is 5.69 Å². The normalized spacial score (nSPS) is 10.0. The van der Waals surface area contributed by atoms with Crippen molar-refractivity contribution in [2.75, 3.05) is 19.1 Å². The summed E-state index contributed by atoms with van der Waals surface area (Å²) in [6, 6.07) is 15.2. The van der Waals surface area contributed by atoms with E-state index in [2.05, 4.69) is 10.3 Å². The minimum Gasteiger partial charge on any atom is -0.495 e. The summed E-state index contributed by atoms with van der Waals surface area (Å²) in [5, 5.41) is 0. The van der Waals surface area contributed by atoms with Gasteiger partial charge in [0.05, 0.1) is 12.8 Å². The Bertz CT molecular complexity index is 611. The number of para-hydroxylation sites is 2. The van der Waals surface area contributed by atoms with Crippen LogP contribution in [0.1, 0.15) is 15.9 Å². The maximum absolute atomic E-state index is 11.4. The molecule has 0 aromatic heterocycles. The number of hydrogen-bond donors (Lipinski definition) is 2. The Morgan fingerprint density at radius 3 is 2.48 bits per heavy atom. The zero-order valence-electron chi connectivity index (χ0n) is 12.2. The van der Waals surface area contributed by atoms with Crippen LogP contribution >= 0.6 is 0 Å². The summed E-state index contributed by atoms with van der Waals surface area (Å²) in [4.78, 5) is 13.5. The lowest BCUT2D eigenvalue weighted by Crippen LogP contribution is -2.29. The van der Waals surface area contributed by atoms with Crippen molar-refractivity contribution >= 4 is 11.6 Å². The first-order valence-electron chi connectivity index (χ1n) is 6.59. The van der Waals surface area contributed by atoms with Crippen molar-refractivity contribution in [3.05, 3.63) is 59.7 Å². The van der Waals surface area contributed by atoms with E-state index in [9.17, 15) is 4.79 Å². The van der Waals surface area contributed by atoms with Gasteiger partial charge >= 0.3 is 0 Å². The molecule has 0 aliphatic rings. The van der Waals surface area contributed by atoms with Gasteiger partial charge in [0.1, 0.15) is 5.75 Å². The summed E-state index contributed by atoms with van der Waals surface area (Å²) >= 11 is 0. The van der Waals surface area contributed by atoms with Crippen molar-refractivity contribution in [1.82, 2.24) is 5.43 Å². The van der Waals surface area contributed by atoms with Gasteiger partial charge in [0, 0.05) is 19.2 Å². The SMILES string of the molecule is COc1ccccc1N(C)Cc1ccc(C(=O)NN)cc1. The first kappa shape index (κ1) is 14.9. The van der Waals surface area contributed by atoms with Gasteiger partial charge in [0.2, 0.25) is 0 Å². The van der Waals surface area contributed by atoms with Crippen LogP contribution in [0.5, 0.6) is 5.75 Å². The van der Waals surface area contributed by atoms with Gasteiger partial charge in [-0.25, -0.2) is 5.84 Å². The van der Waals surface area contributed by atoms with Gasteiger partial charge < -0.3 is 9.64 Å². The van der Waals surface area contributed by atoms with E-state index in [1.807, 2.05) is 43.4 Å². The molecule has 5 nitrogen and oxygen atoms in total. The zero-order valence-corrected chi connectivity index (χ0v) is 12.2. The van der Waals surface area contributed by atoms with Crippen molar-refractivity contribution in [3.8, 4) is 5.75 Å². The molecule has 0 aliphatic heterocycles. The molecule has 0 spiro atoms. The predicted octanol–water partition coefficient (Wildman–Crippen LogP) is 1.94. The molecule has 2 rings (SSSR count). The minimum atomic E-state index is -0.292. The zero-order chi connectivity index (χ0) is 15.2. The number of methoxy groups -OCH3 is 1. The van der Waals surface area contributed by atoms with Gasteiger partial charge in [-0.15, -0.1) is 0 Å². The second kappa shape index (κ2) is 6.76. The molecule has 5 heteroatoms. The summed E-state index contributed by atoms with van der Waals surface area (Å²) in [6.07, 6.45) is 0. The Kier molecular flexibility index (Phi) is 4.79. The highest BCUT2D eigenvalue weighted by Crippen LogP contribution is 2.27. The lowest BCUT2D eigenvalue weighted by atomic mass is 10.1. The minimum absolute atomic E-state index is 0.292. The topological polar surface area (TPSA) is 67.6 Å². The number of carbonyl (C=O) groups excluding carboxylic acids is 1.